The van der Waals surface area contributed by atoms with Crippen LogP contribution in [0.1, 0.15) is 19.3 Å². The summed E-state index contributed by atoms with van der Waals surface area (Å²) in [5, 5.41) is 0. The third-order valence-electron chi connectivity index (χ3n) is 2.24. The molecule has 0 spiro atoms. The van der Waals surface area contributed by atoms with Gasteiger partial charge in [0.1, 0.15) is 5.75 Å². The number of nitrogens with two attached hydrogens (primary N) is 1. The normalized spacial score (nSPS) is 12.1. The molecule has 1 atom stereocenters. The summed E-state index contributed by atoms with van der Waals surface area (Å²) < 4.78 is 5.55. The molecule has 15 heavy (non-hydrogen) atoms. The Bertz CT molecular complexity index is 271. The Balaban J connectivity index is 2.13. The molecule has 0 fully saturated rings. The minimum absolute atomic E-state index is 0.215. The molecule has 0 saturated heterocycles. The van der Waals surface area contributed by atoms with E-state index in [2.05, 4.69) is 6.58 Å². The lowest BCUT2D eigenvalue weighted by Gasteiger charge is -2.11. The lowest BCUT2D eigenvalue weighted by molar-refractivity contribution is 0.295. The molecule has 0 amide bonds. The van der Waals surface area contributed by atoms with Crippen LogP contribution in [0.2, 0.25) is 0 Å². The van der Waals surface area contributed by atoms with E-state index in [4.69, 9.17) is 10.5 Å². The van der Waals surface area contributed by atoms with Crippen LogP contribution in [-0.4, -0.2) is 12.6 Å². The molecule has 2 nitrogen and oxygen atoms in total. The molecule has 0 radical (unpaired) electrons. The van der Waals surface area contributed by atoms with Gasteiger partial charge in [-0.05, 0) is 31.4 Å². The fourth-order valence-corrected chi connectivity index (χ4v) is 1.32. The smallest absolute Gasteiger partial charge is 0.119 e. The van der Waals surface area contributed by atoms with Crippen molar-refractivity contribution >= 4 is 0 Å². The second-order valence-electron chi connectivity index (χ2n) is 3.58. The summed E-state index contributed by atoms with van der Waals surface area (Å²) in [7, 11) is 0. The van der Waals surface area contributed by atoms with Crippen molar-refractivity contribution in [1.82, 2.24) is 0 Å². The number of ether oxygens (including phenoxy) is 1. The van der Waals surface area contributed by atoms with Crippen LogP contribution in [-0.2, 0) is 0 Å². The van der Waals surface area contributed by atoms with Crippen LogP contribution in [0.15, 0.2) is 43.0 Å². The van der Waals surface area contributed by atoms with Crippen LogP contribution in [0.4, 0.5) is 0 Å². The maximum atomic E-state index is 5.90. The lowest BCUT2D eigenvalue weighted by atomic mass is 10.1. The first kappa shape index (κ1) is 11.8. The summed E-state index contributed by atoms with van der Waals surface area (Å²) in [5.74, 6) is 0.911. The highest BCUT2D eigenvalue weighted by Crippen LogP contribution is 2.09. The summed E-state index contributed by atoms with van der Waals surface area (Å²) >= 11 is 0. The first-order valence-corrected chi connectivity index (χ1v) is 5.37. The Labute approximate surface area is 91.7 Å². The first-order chi connectivity index (χ1) is 7.33. The van der Waals surface area contributed by atoms with E-state index in [0.717, 1.165) is 25.0 Å². The Morgan fingerprint density at radius 2 is 2.00 bits per heavy atom. The van der Waals surface area contributed by atoms with Gasteiger partial charge in [0.25, 0.3) is 0 Å². The second kappa shape index (κ2) is 7.07. The van der Waals surface area contributed by atoms with Gasteiger partial charge in [-0.25, -0.2) is 0 Å². The summed E-state index contributed by atoms with van der Waals surface area (Å²) in [4.78, 5) is 0. The molecule has 0 heterocycles. The molecule has 0 aliphatic heterocycles. The van der Waals surface area contributed by atoms with Crippen LogP contribution in [0.3, 0.4) is 0 Å². The maximum Gasteiger partial charge on any atom is 0.119 e. The van der Waals surface area contributed by atoms with Crippen LogP contribution in [0.25, 0.3) is 0 Å². The number of hydrogen-bond donors (Lipinski definition) is 1. The van der Waals surface area contributed by atoms with Gasteiger partial charge in [-0.2, -0.15) is 0 Å². The van der Waals surface area contributed by atoms with Crippen molar-refractivity contribution in [3.05, 3.63) is 43.0 Å². The van der Waals surface area contributed by atoms with Crippen molar-refractivity contribution in [2.45, 2.75) is 25.3 Å². The van der Waals surface area contributed by atoms with E-state index in [-0.39, 0.29) is 6.04 Å². The largest absolute Gasteiger partial charge is 0.494 e. The standard InChI is InChI=1S/C13H19NO/c1-2-3-7-12(14)10-11-15-13-8-5-4-6-9-13/h2,4-6,8-9,12H,1,3,7,10-11,14H2. The van der Waals surface area contributed by atoms with Crippen molar-refractivity contribution in [1.29, 1.82) is 0 Å². The minimum Gasteiger partial charge on any atom is -0.494 e. The highest BCUT2D eigenvalue weighted by molar-refractivity contribution is 5.20. The molecule has 0 aliphatic carbocycles. The van der Waals surface area contributed by atoms with Crippen LogP contribution in [0.5, 0.6) is 5.75 Å². The first-order valence-electron chi connectivity index (χ1n) is 5.37. The Morgan fingerprint density at radius 3 is 2.67 bits per heavy atom. The zero-order valence-electron chi connectivity index (χ0n) is 9.06. The van der Waals surface area contributed by atoms with E-state index >= 15 is 0 Å². The van der Waals surface area contributed by atoms with Gasteiger partial charge in [0.2, 0.25) is 0 Å². The Hall–Kier alpha value is -1.28. The molecule has 1 aromatic carbocycles. The third-order valence-corrected chi connectivity index (χ3v) is 2.24. The van der Waals surface area contributed by atoms with Crippen molar-refractivity contribution in [3.8, 4) is 5.75 Å². The number of para-hydroxylation sites is 1. The molecule has 82 valence electrons. The molecule has 1 unspecified atom stereocenters. The highest BCUT2D eigenvalue weighted by Gasteiger charge is 2.01. The molecule has 0 bridgehead atoms. The van der Waals surface area contributed by atoms with Gasteiger partial charge in [0.15, 0.2) is 0 Å². The molecule has 0 saturated carbocycles. The van der Waals surface area contributed by atoms with E-state index in [1.54, 1.807) is 0 Å². The zero-order chi connectivity index (χ0) is 10.9. The summed E-state index contributed by atoms with van der Waals surface area (Å²) in [6.45, 7) is 4.36. The zero-order valence-corrected chi connectivity index (χ0v) is 9.06. The van der Waals surface area contributed by atoms with Crippen LogP contribution < -0.4 is 10.5 Å². The van der Waals surface area contributed by atoms with Crippen LogP contribution >= 0.6 is 0 Å². The van der Waals surface area contributed by atoms with Gasteiger partial charge in [-0.1, -0.05) is 24.3 Å². The van der Waals surface area contributed by atoms with E-state index in [9.17, 15) is 0 Å². The molecule has 2 heteroatoms. The quantitative estimate of drug-likeness (QED) is 0.695. The minimum atomic E-state index is 0.215. The summed E-state index contributed by atoms with van der Waals surface area (Å²) in [6.07, 6.45) is 4.76. The number of allylic oxidation sites excluding steroid dienone is 1. The van der Waals surface area contributed by atoms with Crippen molar-refractivity contribution in [3.63, 3.8) is 0 Å². The van der Waals surface area contributed by atoms with Crippen molar-refractivity contribution in [2.75, 3.05) is 6.61 Å². The average Bonchev–Trinajstić information content (AvgIpc) is 2.28. The number of benzene rings is 1. The number of hydrogen-bond acceptors (Lipinski definition) is 2. The van der Waals surface area contributed by atoms with Gasteiger partial charge >= 0.3 is 0 Å². The summed E-state index contributed by atoms with van der Waals surface area (Å²) in [5.41, 5.74) is 5.90. The van der Waals surface area contributed by atoms with E-state index in [1.807, 2.05) is 36.4 Å². The van der Waals surface area contributed by atoms with Gasteiger partial charge in [-0.3, -0.25) is 0 Å². The van der Waals surface area contributed by atoms with Gasteiger partial charge < -0.3 is 10.5 Å². The molecule has 0 aliphatic rings. The Kier molecular flexibility index (Phi) is 5.56. The molecule has 0 aromatic heterocycles. The predicted octanol–water partition coefficient (Wildman–Crippen LogP) is 2.75. The highest BCUT2D eigenvalue weighted by atomic mass is 16.5. The Morgan fingerprint density at radius 1 is 1.27 bits per heavy atom. The summed E-state index contributed by atoms with van der Waals surface area (Å²) in [6, 6.07) is 10.0. The van der Waals surface area contributed by atoms with E-state index < -0.39 is 0 Å². The van der Waals surface area contributed by atoms with Crippen molar-refractivity contribution in [2.24, 2.45) is 5.73 Å². The van der Waals surface area contributed by atoms with E-state index in [1.165, 1.54) is 0 Å². The van der Waals surface area contributed by atoms with Gasteiger partial charge in [0, 0.05) is 6.04 Å². The van der Waals surface area contributed by atoms with Crippen LogP contribution in [0, 0.1) is 0 Å². The molecular weight excluding hydrogens is 186 g/mol. The third kappa shape index (κ3) is 5.23. The van der Waals surface area contributed by atoms with Gasteiger partial charge in [0.05, 0.1) is 6.61 Å². The molecule has 1 aromatic rings. The lowest BCUT2D eigenvalue weighted by Crippen LogP contribution is -2.22. The number of rotatable bonds is 7. The predicted molar refractivity (Wildman–Crippen MR) is 64.0 cm³/mol. The molecular formula is C13H19NO. The molecule has 1 rings (SSSR count). The molecule has 2 N–H and O–H groups in total. The average molecular weight is 205 g/mol. The monoisotopic (exact) mass is 205 g/mol. The van der Waals surface area contributed by atoms with Gasteiger partial charge in [-0.15, -0.1) is 6.58 Å². The second-order valence-corrected chi connectivity index (χ2v) is 3.58. The maximum absolute atomic E-state index is 5.90. The fraction of sp³-hybridized carbons (Fsp3) is 0.385. The fourth-order valence-electron chi connectivity index (χ4n) is 1.32. The topological polar surface area (TPSA) is 35.2 Å². The van der Waals surface area contributed by atoms with E-state index in [0.29, 0.717) is 6.61 Å². The van der Waals surface area contributed by atoms with Crippen molar-refractivity contribution < 1.29 is 4.74 Å². The SMILES string of the molecule is C=CCCC(N)CCOc1ccccc1.